The maximum Gasteiger partial charge on any atom is 0.151 e. The zero-order chi connectivity index (χ0) is 15.0. The molecule has 1 saturated heterocycles. The van der Waals surface area contributed by atoms with Crippen molar-refractivity contribution >= 4 is 11.5 Å². The zero-order valence-electron chi connectivity index (χ0n) is 13.3. The summed E-state index contributed by atoms with van der Waals surface area (Å²) in [6.07, 6.45) is 4.27. The molecular formula is C17H26N4. The van der Waals surface area contributed by atoms with Gasteiger partial charge in [0, 0.05) is 31.7 Å². The number of nitrogens with zero attached hydrogens (tertiary/aromatic N) is 3. The second kappa shape index (κ2) is 5.68. The molecule has 4 nitrogen and oxygen atoms in total. The minimum absolute atomic E-state index is 0.142. The number of nitrogens with two attached hydrogens (primary N) is 1. The molecule has 21 heavy (non-hydrogen) atoms. The van der Waals surface area contributed by atoms with Gasteiger partial charge < -0.3 is 15.0 Å². The van der Waals surface area contributed by atoms with Crippen molar-refractivity contribution in [2.45, 2.75) is 39.7 Å². The van der Waals surface area contributed by atoms with E-state index in [0.717, 1.165) is 42.8 Å². The van der Waals surface area contributed by atoms with Gasteiger partial charge in [0.2, 0.25) is 0 Å². The van der Waals surface area contributed by atoms with Gasteiger partial charge in [0.1, 0.15) is 5.65 Å². The fourth-order valence-corrected chi connectivity index (χ4v) is 3.62. The van der Waals surface area contributed by atoms with Crippen molar-refractivity contribution in [2.75, 3.05) is 18.0 Å². The maximum atomic E-state index is 6.07. The predicted molar refractivity (Wildman–Crippen MR) is 87.7 cm³/mol. The summed E-state index contributed by atoms with van der Waals surface area (Å²) in [6.45, 7) is 8.93. The highest BCUT2D eigenvalue weighted by molar-refractivity contribution is 5.56. The summed E-state index contributed by atoms with van der Waals surface area (Å²) in [5.41, 5.74) is 8.34. The van der Waals surface area contributed by atoms with E-state index in [4.69, 9.17) is 10.7 Å². The summed E-state index contributed by atoms with van der Waals surface area (Å²) in [6, 6.07) is 6.32. The van der Waals surface area contributed by atoms with E-state index in [0.29, 0.717) is 0 Å². The standard InChI is InChI=1S/C17H26N4/c1-12-8-13(2)11-20(10-12)17-15(9-14(3)18)21-7-5-4-6-16(21)19-17/h4-7,12-14H,8-11,18H2,1-3H3. The Hall–Kier alpha value is -1.55. The van der Waals surface area contributed by atoms with Gasteiger partial charge in [-0.05, 0) is 37.3 Å². The second-order valence-electron chi connectivity index (χ2n) is 6.84. The number of piperidine rings is 1. The molecule has 4 heteroatoms. The molecule has 1 aliphatic rings. The van der Waals surface area contributed by atoms with Crippen molar-refractivity contribution in [2.24, 2.45) is 17.6 Å². The number of aromatic nitrogens is 2. The molecule has 2 aromatic rings. The van der Waals surface area contributed by atoms with Gasteiger partial charge in [-0.2, -0.15) is 0 Å². The maximum absolute atomic E-state index is 6.07. The lowest BCUT2D eigenvalue weighted by atomic mass is 9.92. The number of pyridine rings is 1. The monoisotopic (exact) mass is 286 g/mol. The molecule has 1 fully saturated rings. The second-order valence-corrected chi connectivity index (χ2v) is 6.84. The molecule has 3 rings (SSSR count). The number of anilines is 1. The largest absolute Gasteiger partial charge is 0.355 e. The molecule has 0 aromatic carbocycles. The number of hydrogen-bond donors (Lipinski definition) is 1. The van der Waals surface area contributed by atoms with Crippen molar-refractivity contribution in [3.05, 3.63) is 30.1 Å². The number of imidazole rings is 1. The highest BCUT2D eigenvalue weighted by Crippen LogP contribution is 2.29. The molecule has 2 N–H and O–H groups in total. The predicted octanol–water partition coefficient (Wildman–Crippen LogP) is 2.71. The van der Waals surface area contributed by atoms with Crippen molar-refractivity contribution in [1.29, 1.82) is 0 Å². The Morgan fingerprint density at radius 2 is 2.00 bits per heavy atom. The molecule has 3 heterocycles. The summed E-state index contributed by atoms with van der Waals surface area (Å²) in [5, 5.41) is 0. The van der Waals surface area contributed by atoms with E-state index in [1.807, 2.05) is 6.07 Å². The minimum atomic E-state index is 0.142. The molecule has 3 unspecified atom stereocenters. The summed E-state index contributed by atoms with van der Waals surface area (Å²) in [4.78, 5) is 7.35. The lowest BCUT2D eigenvalue weighted by molar-refractivity contribution is 0.355. The summed E-state index contributed by atoms with van der Waals surface area (Å²) in [7, 11) is 0. The van der Waals surface area contributed by atoms with E-state index in [2.05, 4.69) is 48.4 Å². The molecule has 114 valence electrons. The van der Waals surface area contributed by atoms with Gasteiger partial charge in [-0.1, -0.05) is 19.9 Å². The lowest BCUT2D eigenvalue weighted by Crippen LogP contribution is -2.39. The summed E-state index contributed by atoms with van der Waals surface area (Å²) < 4.78 is 2.20. The fraction of sp³-hybridized carbons (Fsp3) is 0.588. The first kappa shape index (κ1) is 14.4. The molecule has 0 radical (unpaired) electrons. The van der Waals surface area contributed by atoms with E-state index >= 15 is 0 Å². The molecular weight excluding hydrogens is 260 g/mol. The Morgan fingerprint density at radius 1 is 1.29 bits per heavy atom. The molecule has 2 aromatic heterocycles. The van der Waals surface area contributed by atoms with E-state index in [9.17, 15) is 0 Å². The van der Waals surface area contributed by atoms with Crippen molar-refractivity contribution in [1.82, 2.24) is 9.38 Å². The first-order valence-electron chi connectivity index (χ1n) is 8.01. The smallest absolute Gasteiger partial charge is 0.151 e. The number of hydrogen-bond acceptors (Lipinski definition) is 3. The highest BCUT2D eigenvalue weighted by atomic mass is 15.2. The van der Waals surface area contributed by atoms with Gasteiger partial charge in [0.15, 0.2) is 5.82 Å². The van der Waals surface area contributed by atoms with Crippen LogP contribution in [0.1, 0.15) is 32.9 Å². The molecule has 0 amide bonds. The van der Waals surface area contributed by atoms with Crippen molar-refractivity contribution in [3.63, 3.8) is 0 Å². The SMILES string of the molecule is CC(N)Cc1c(N2CC(C)CC(C)C2)nc2ccccn12. The number of fused-ring (bicyclic) bond motifs is 1. The third kappa shape index (κ3) is 2.91. The van der Waals surface area contributed by atoms with E-state index in [1.54, 1.807) is 0 Å². The minimum Gasteiger partial charge on any atom is -0.355 e. The zero-order valence-corrected chi connectivity index (χ0v) is 13.3. The van der Waals surface area contributed by atoms with Gasteiger partial charge in [0.05, 0.1) is 5.69 Å². The van der Waals surface area contributed by atoms with Crippen LogP contribution in [0, 0.1) is 11.8 Å². The Bertz CT molecular complexity index is 606. The van der Waals surface area contributed by atoms with E-state index in [1.165, 1.54) is 12.1 Å². The Labute approximate surface area is 127 Å². The van der Waals surface area contributed by atoms with Gasteiger partial charge in [-0.15, -0.1) is 0 Å². The lowest BCUT2D eigenvalue weighted by Gasteiger charge is -2.35. The van der Waals surface area contributed by atoms with Crippen LogP contribution in [0.3, 0.4) is 0 Å². The molecule has 1 aliphatic heterocycles. The Balaban J connectivity index is 2.04. The van der Waals surface area contributed by atoms with Gasteiger partial charge in [0.25, 0.3) is 0 Å². The van der Waals surface area contributed by atoms with E-state index in [-0.39, 0.29) is 6.04 Å². The van der Waals surface area contributed by atoms with Crippen molar-refractivity contribution < 1.29 is 0 Å². The van der Waals surface area contributed by atoms with Crippen LogP contribution in [0.5, 0.6) is 0 Å². The molecule has 0 aliphatic carbocycles. The summed E-state index contributed by atoms with van der Waals surface area (Å²) in [5.74, 6) is 2.58. The molecule has 0 bridgehead atoms. The van der Waals surface area contributed by atoms with Gasteiger partial charge >= 0.3 is 0 Å². The van der Waals surface area contributed by atoms with Crippen LogP contribution in [0.4, 0.5) is 5.82 Å². The average Bonchev–Trinajstić information content (AvgIpc) is 2.76. The van der Waals surface area contributed by atoms with Crippen LogP contribution in [0.2, 0.25) is 0 Å². The Morgan fingerprint density at radius 3 is 2.67 bits per heavy atom. The molecule has 0 spiro atoms. The van der Waals surface area contributed by atoms with E-state index < -0.39 is 0 Å². The van der Waals surface area contributed by atoms with Crippen LogP contribution in [-0.2, 0) is 6.42 Å². The quantitative estimate of drug-likeness (QED) is 0.943. The normalized spacial score (nSPS) is 24.5. The Kier molecular flexibility index (Phi) is 3.89. The average molecular weight is 286 g/mol. The summed E-state index contributed by atoms with van der Waals surface area (Å²) >= 11 is 0. The van der Waals surface area contributed by atoms with Crippen LogP contribution in [0.15, 0.2) is 24.4 Å². The molecule has 0 saturated carbocycles. The van der Waals surface area contributed by atoms with Gasteiger partial charge in [-0.3, -0.25) is 0 Å². The van der Waals surface area contributed by atoms with Crippen molar-refractivity contribution in [3.8, 4) is 0 Å². The van der Waals surface area contributed by atoms with Crippen LogP contribution < -0.4 is 10.6 Å². The first-order chi connectivity index (χ1) is 10.0. The highest BCUT2D eigenvalue weighted by Gasteiger charge is 2.26. The number of rotatable bonds is 3. The van der Waals surface area contributed by atoms with Gasteiger partial charge in [-0.25, -0.2) is 4.98 Å². The topological polar surface area (TPSA) is 46.6 Å². The van der Waals surface area contributed by atoms with Crippen LogP contribution in [0.25, 0.3) is 5.65 Å². The van der Waals surface area contributed by atoms with Crippen LogP contribution >= 0.6 is 0 Å². The first-order valence-corrected chi connectivity index (χ1v) is 8.01. The molecule has 3 atom stereocenters. The van der Waals surface area contributed by atoms with Crippen LogP contribution in [-0.4, -0.2) is 28.5 Å². The third-order valence-electron chi connectivity index (χ3n) is 4.29. The fourth-order valence-electron chi connectivity index (χ4n) is 3.62. The third-order valence-corrected chi connectivity index (χ3v) is 4.29.